The van der Waals surface area contributed by atoms with Gasteiger partial charge in [-0.3, -0.25) is 4.57 Å². The summed E-state index contributed by atoms with van der Waals surface area (Å²) in [5.41, 5.74) is 0.969. The van der Waals surface area contributed by atoms with Crippen LogP contribution in [0.1, 0.15) is 0 Å². The van der Waals surface area contributed by atoms with Crippen molar-refractivity contribution in [3.63, 3.8) is 0 Å². The molecule has 5 nitrogen and oxygen atoms in total. The second-order valence-corrected chi connectivity index (χ2v) is 10.2. The summed E-state index contributed by atoms with van der Waals surface area (Å²) >= 11 is 11.6. The van der Waals surface area contributed by atoms with E-state index in [0.717, 1.165) is 40.0 Å². The van der Waals surface area contributed by atoms with E-state index in [4.69, 9.17) is 4.74 Å². The highest BCUT2D eigenvalue weighted by Gasteiger charge is 2.19. The van der Waals surface area contributed by atoms with Crippen LogP contribution in [0, 0.1) is 0 Å². The standard InChI is InChI=1S/C16H10Br2N4OS3/c1-23-10-6-4-9(5-7-10)22-14(11-3-2-8-24-11)20-21-15(22)26-16-19-12(17)13(18)25-16/h2-8H,1H3. The predicted molar refractivity (Wildman–Crippen MR) is 113 cm³/mol. The van der Waals surface area contributed by atoms with E-state index >= 15 is 0 Å². The second kappa shape index (κ2) is 7.81. The molecule has 0 bridgehead atoms. The first-order valence-corrected chi connectivity index (χ1v) is 11.4. The largest absolute Gasteiger partial charge is 0.497 e. The Balaban J connectivity index is 1.80. The minimum Gasteiger partial charge on any atom is -0.497 e. The van der Waals surface area contributed by atoms with E-state index in [9.17, 15) is 0 Å². The van der Waals surface area contributed by atoms with Gasteiger partial charge in [-0.1, -0.05) is 17.4 Å². The third-order valence-electron chi connectivity index (χ3n) is 3.41. The fourth-order valence-electron chi connectivity index (χ4n) is 2.25. The van der Waals surface area contributed by atoms with E-state index in [1.165, 1.54) is 11.8 Å². The summed E-state index contributed by atoms with van der Waals surface area (Å²) in [7, 11) is 1.66. The van der Waals surface area contributed by atoms with Crippen LogP contribution < -0.4 is 4.74 Å². The zero-order chi connectivity index (χ0) is 18.1. The van der Waals surface area contributed by atoms with Gasteiger partial charge >= 0.3 is 0 Å². The summed E-state index contributed by atoms with van der Waals surface area (Å²) in [5, 5.41) is 11.6. The van der Waals surface area contributed by atoms with Crippen LogP contribution in [0.5, 0.6) is 5.75 Å². The topological polar surface area (TPSA) is 52.8 Å². The highest BCUT2D eigenvalue weighted by molar-refractivity contribution is 9.13. The fourth-order valence-corrected chi connectivity index (χ4v) is 6.19. The molecule has 3 heterocycles. The molecule has 0 aliphatic heterocycles. The number of thiazole rings is 1. The summed E-state index contributed by atoms with van der Waals surface area (Å²) in [6, 6.07) is 11.9. The maximum Gasteiger partial charge on any atom is 0.203 e. The molecule has 0 fully saturated rings. The highest BCUT2D eigenvalue weighted by Crippen LogP contribution is 2.39. The predicted octanol–water partition coefficient (Wildman–Crippen LogP) is 6.14. The molecular weight excluding hydrogens is 520 g/mol. The number of ether oxygens (including phenoxy) is 1. The molecule has 0 saturated carbocycles. The Morgan fingerprint density at radius 2 is 1.92 bits per heavy atom. The lowest BCUT2D eigenvalue weighted by atomic mass is 10.3. The van der Waals surface area contributed by atoms with Crippen molar-refractivity contribution in [2.45, 2.75) is 9.50 Å². The zero-order valence-electron chi connectivity index (χ0n) is 13.2. The molecule has 4 aromatic rings. The number of halogens is 2. The third kappa shape index (κ3) is 3.61. The molecule has 0 radical (unpaired) electrons. The maximum absolute atomic E-state index is 5.27. The molecule has 0 N–H and O–H groups in total. The molecule has 0 saturated heterocycles. The molecule has 0 spiro atoms. The molecule has 0 amide bonds. The van der Waals surface area contributed by atoms with Crippen molar-refractivity contribution in [3.8, 4) is 22.1 Å². The molecule has 0 aliphatic rings. The van der Waals surface area contributed by atoms with E-state index in [-0.39, 0.29) is 0 Å². The summed E-state index contributed by atoms with van der Waals surface area (Å²) in [4.78, 5) is 5.55. The SMILES string of the molecule is COc1ccc(-n2c(Sc3nc(Br)c(Br)s3)nnc2-c2cccs2)cc1. The molecule has 3 aromatic heterocycles. The van der Waals surface area contributed by atoms with Crippen LogP contribution in [0.15, 0.2) is 59.7 Å². The van der Waals surface area contributed by atoms with Crippen LogP contribution in [0.25, 0.3) is 16.4 Å². The van der Waals surface area contributed by atoms with Gasteiger partial charge in [-0.05, 0) is 79.3 Å². The lowest BCUT2D eigenvalue weighted by Gasteiger charge is -2.09. The Morgan fingerprint density at radius 3 is 2.54 bits per heavy atom. The van der Waals surface area contributed by atoms with Gasteiger partial charge in [-0.25, -0.2) is 4.98 Å². The molecule has 0 unspecified atom stereocenters. The molecular formula is C16H10Br2N4OS3. The number of thiophene rings is 1. The van der Waals surface area contributed by atoms with Crippen molar-refractivity contribution in [2.75, 3.05) is 7.11 Å². The molecule has 132 valence electrons. The Morgan fingerprint density at radius 1 is 1.12 bits per heavy atom. The van der Waals surface area contributed by atoms with Crippen molar-refractivity contribution in [1.29, 1.82) is 0 Å². The van der Waals surface area contributed by atoms with Crippen LogP contribution in [0.3, 0.4) is 0 Å². The van der Waals surface area contributed by atoms with Gasteiger partial charge in [0.1, 0.15) is 14.1 Å². The number of hydrogen-bond acceptors (Lipinski definition) is 7. The van der Waals surface area contributed by atoms with Gasteiger partial charge in [0, 0.05) is 0 Å². The summed E-state index contributed by atoms with van der Waals surface area (Å²) < 4.78 is 9.93. The van der Waals surface area contributed by atoms with Crippen LogP contribution >= 0.6 is 66.3 Å². The van der Waals surface area contributed by atoms with Crippen molar-refractivity contribution < 1.29 is 4.74 Å². The minimum absolute atomic E-state index is 0.757. The quantitative estimate of drug-likeness (QED) is 0.311. The number of benzene rings is 1. The van der Waals surface area contributed by atoms with Crippen LogP contribution in [-0.4, -0.2) is 26.9 Å². The monoisotopic (exact) mass is 528 g/mol. The van der Waals surface area contributed by atoms with Crippen LogP contribution in [0.4, 0.5) is 0 Å². The maximum atomic E-state index is 5.27. The molecule has 4 rings (SSSR count). The van der Waals surface area contributed by atoms with E-state index in [2.05, 4.69) is 47.0 Å². The minimum atomic E-state index is 0.757. The van der Waals surface area contributed by atoms with E-state index in [1.54, 1.807) is 29.8 Å². The third-order valence-corrected chi connectivity index (χ3v) is 8.36. The Bertz CT molecular complexity index is 1010. The molecule has 0 atom stereocenters. The number of nitrogens with zero attached hydrogens (tertiary/aromatic N) is 4. The normalized spacial score (nSPS) is 11.0. The fraction of sp³-hybridized carbons (Fsp3) is 0.0625. The number of rotatable bonds is 5. The Labute approximate surface area is 178 Å². The van der Waals surface area contributed by atoms with Crippen LogP contribution in [-0.2, 0) is 0 Å². The first kappa shape index (κ1) is 18.2. The Hall–Kier alpha value is -1.20. The average molecular weight is 530 g/mol. The van der Waals surface area contributed by atoms with Crippen LogP contribution in [0.2, 0.25) is 0 Å². The van der Waals surface area contributed by atoms with Gasteiger partial charge in [0.25, 0.3) is 0 Å². The summed E-state index contributed by atoms with van der Waals surface area (Å²) in [6.07, 6.45) is 0. The van der Waals surface area contributed by atoms with Gasteiger partial charge in [0.05, 0.1) is 17.7 Å². The van der Waals surface area contributed by atoms with Gasteiger partial charge in [0.2, 0.25) is 5.16 Å². The second-order valence-electron chi connectivity index (χ2n) is 4.96. The van der Waals surface area contributed by atoms with E-state index in [1.807, 2.05) is 46.3 Å². The first-order chi connectivity index (χ1) is 12.7. The zero-order valence-corrected chi connectivity index (χ0v) is 18.8. The van der Waals surface area contributed by atoms with E-state index < -0.39 is 0 Å². The molecule has 26 heavy (non-hydrogen) atoms. The smallest absolute Gasteiger partial charge is 0.203 e. The molecule has 1 aromatic carbocycles. The highest BCUT2D eigenvalue weighted by atomic mass is 79.9. The molecule has 10 heteroatoms. The number of aromatic nitrogens is 4. The van der Waals surface area contributed by atoms with E-state index in [0.29, 0.717) is 0 Å². The summed E-state index contributed by atoms with van der Waals surface area (Å²) in [6.45, 7) is 0. The lowest BCUT2D eigenvalue weighted by molar-refractivity contribution is 0.414. The van der Waals surface area contributed by atoms with Gasteiger partial charge in [-0.2, -0.15) is 0 Å². The Kier molecular flexibility index (Phi) is 5.46. The van der Waals surface area contributed by atoms with Gasteiger partial charge in [-0.15, -0.1) is 21.5 Å². The van der Waals surface area contributed by atoms with Crippen molar-refractivity contribution in [1.82, 2.24) is 19.7 Å². The van der Waals surface area contributed by atoms with Crippen molar-refractivity contribution >= 4 is 66.3 Å². The lowest BCUT2D eigenvalue weighted by Crippen LogP contribution is -1.98. The number of methoxy groups -OCH3 is 1. The van der Waals surface area contributed by atoms with Gasteiger partial charge in [0.15, 0.2) is 10.2 Å². The average Bonchev–Trinajstić information content (AvgIpc) is 3.36. The van der Waals surface area contributed by atoms with Crippen molar-refractivity contribution in [2.24, 2.45) is 0 Å². The summed E-state index contributed by atoms with van der Waals surface area (Å²) in [5.74, 6) is 1.61. The number of hydrogen-bond donors (Lipinski definition) is 0. The van der Waals surface area contributed by atoms with Gasteiger partial charge < -0.3 is 4.74 Å². The first-order valence-electron chi connectivity index (χ1n) is 7.29. The molecule has 0 aliphatic carbocycles. The van der Waals surface area contributed by atoms with Crippen molar-refractivity contribution in [3.05, 3.63) is 50.2 Å².